The molecule has 27 heavy (non-hydrogen) atoms. The standard InChI is InChI=1S/C17H19N5O4S/c1-22-17(19-20-21-22)27-10-15(24)18-12-8-6-11(7-9-12)16(25)26-14-5-3-2-4-13(14)23/h6-9,14H,2-5,10H2,1H3,(H,18,24)/t14-/m1/s1. The predicted octanol–water partition coefficient (Wildman–Crippen LogP) is 1.61. The van der Waals surface area contributed by atoms with Crippen LogP contribution in [-0.4, -0.2) is 49.7 Å². The second kappa shape index (κ2) is 8.76. The van der Waals surface area contributed by atoms with Crippen molar-refractivity contribution in [1.82, 2.24) is 20.2 Å². The number of nitrogens with one attached hydrogen (secondary N) is 1. The highest BCUT2D eigenvalue weighted by Gasteiger charge is 2.26. The molecule has 2 aromatic rings. The number of carbonyl (C=O) groups excluding carboxylic acids is 3. The second-order valence-corrected chi connectivity index (χ2v) is 7.05. The van der Waals surface area contributed by atoms with E-state index < -0.39 is 12.1 Å². The molecule has 0 saturated heterocycles. The molecular formula is C17H19N5O4S. The molecule has 1 aromatic carbocycles. The van der Waals surface area contributed by atoms with Gasteiger partial charge in [0.2, 0.25) is 11.1 Å². The Balaban J connectivity index is 1.50. The maximum Gasteiger partial charge on any atom is 0.338 e. The number of aromatic nitrogens is 4. The van der Waals surface area contributed by atoms with Crippen LogP contribution in [0.15, 0.2) is 29.4 Å². The predicted molar refractivity (Wildman–Crippen MR) is 97.3 cm³/mol. The third-order valence-corrected chi connectivity index (χ3v) is 5.08. The summed E-state index contributed by atoms with van der Waals surface area (Å²) in [6, 6.07) is 6.35. The van der Waals surface area contributed by atoms with Gasteiger partial charge in [-0.25, -0.2) is 9.48 Å². The van der Waals surface area contributed by atoms with Gasteiger partial charge in [-0.3, -0.25) is 9.59 Å². The number of nitrogens with zero attached hydrogens (tertiary/aromatic N) is 4. The number of ether oxygens (including phenoxy) is 1. The number of aryl methyl sites for hydroxylation is 1. The summed E-state index contributed by atoms with van der Waals surface area (Å²) in [5, 5.41) is 14.3. The van der Waals surface area contributed by atoms with E-state index in [1.807, 2.05) is 0 Å². The van der Waals surface area contributed by atoms with E-state index in [0.717, 1.165) is 12.8 Å². The number of ketones is 1. The number of benzene rings is 1. The average Bonchev–Trinajstić information content (AvgIpc) is 3.07. The first kappa shape index (κ1) is 19.0. The summed E-state index contributed by atoms with van der Waals surface area (Å²) in [5.74, 6) is -0.611. The molecule has 1 N–H and O–H groups in total. The van der Waals surface area contributed by atoms with Crippen LogP contribution in [0, 0.1) is 0 Å². The minimum atomic E-state index is -0.641. The molecule has 1 heterocycles. The van der Waals surface area contributed by atoms with Gasteiger partial charge in [-0.1, -0.05) is 11.8 Å². The van der Waals surface area contributed by atoms with Crippen LogP contribution in [0.25, 0.3) is 0 Å². The molecule has 1 aliphatic carbocycles. The van der Waals surface area contributed by atoms with Crippen LogP contribution in [-0.2, 0) is 21.4 Å². The van der Waals surface area contributed by atoms with Gasteiger partial charge >= 0.3 is 5.97 Å². The van der Waals surface area contributed by atoms with Gasteiger partial charge in [0, 0.05) is 19.2 Å². The number of amides is 1. The van der Waals surface area contributed by atoms with E-state index in [4.69, 9.17) is 4.74 Å². The molecule has 0 spiro atoms. The second-order valence-electron chi connectivity index (χ2n) is 6.11. The van der Waals surface area contributed by atoms with Gasteiger partial charge in [0.15, 0.2) is 11.9 Å². The molecule has 1 saturated carbocycles. The number of Topliss-reactive ketones (excluding diaryl/α,β-unsaturated/α-hetero) is 1. The maximum absolute atomic E-state index is 12.2. The Morgan fingerprint density at radius 2 is 2.07 bits per heavy atom. The number of carbonyl (C=O) groups is 3. The minimum Gasteiger partial charge on any atom is -0.451 e. The van der Waals surface area contributed by atoms with Crippen molar-refractivity contribution in [2.75, 3.05) is 11.1 Å². The maximum atomic E-state index is 12.2. The van der Waals surface area contributed by atoms with Crippen LogP contribution in [0.2, 0.25) is 0 Å². The summed E-state index contributed by atoms with van der Waals surface area (Å²) < 4.78 is 6.78. The molecule has 1 aromatic heterocycles. The summed E-state index contributed by atoms with van der Waals surface area (Å²) in [6.07, 6.45) is 2.14. The van der Waals surface area contributed by atoms with E-state index in [1.165, 1.54) is 16.4 Å². The molecule has 1 aliphatic rings. The SMILES string of the molecule is Cn1nnnc1SCC(=O)Nc1ccc(C(=O)O[C@@H]2CCCCC2=O)cc1. The topological polar surface area (TPSA) is 116 Å². The largest absolute Gasteiger partial charge is 0.451 e. The van der Waals surface area contributed by atoms with Gasteiger partial charge in [-0.05, 0) is 54.0 Å². The molecule has 1 atom stereocenters. The Kier molecular flexibility index (Phi) is 6.17. The Morgan fingerprint density at radius 1 is 1.30 bits per heavy atom. The van der Waals surface area contributed by atoms with E-state index in [-0.39, 0.29) is 17.4 Å². The monoisotopic (exact) mass is 389 g/mol. The third-order valence-electron chi connectivity index (χ3n) is 4.07. The van der Waals surface area contributed by atoms with Crippen LogP contribution in [0.1, 0.15) is 36.0 Å². The molecule has 0 unspecified atom stereocenters. The van der Waals surface area contributed by atoms with Crippen molar-refractivity contribution >= 4 is 35.1 Å². The summed E-state index contributed by atoms with van der Waals surface area (Å²) in [4.78, 5) is 35.9. The Morgan fingerprint density at radius 3 is 2.74 bits per heavy atom. The normalized spacial score (nSPS) is 16.8. The van der Waals surface area contributed by atoms with Crippen LogP contribution >= 0.6 is 11.8 Å². The number of hydrogen-bond donors (Lipinski definition) is 1. The van der Waals surface area contributed by atoms with Crippen LogP contribution in [0.3, 0.4) is 0 Å². The molecule has 10 heteroatoms. The van der Waals surface area contributed by atoms with Crippen molar-refractivity contribution in [2.45, 2.75) is 36.9 Å². The highest BCUT2D eigenvalue weighted by atomic mass is 32.2. The highest BCUT2D eigenvalue weighted by Crippen LogP contribution is 2.20. The lowest BCUT2D eigenvalue weighted by atomic mass is 9.96. The lowest BCUT2D eigenvalue weighted by Crippen LogP contribution is -2.30. The molecular weight excluding hydrogens is 370 g/mol. The van der Waals surface area contributed by atoms with Crippen molar-refractivity contribution in [1.29, 1.82) is 0 Å². The molecule has 1 amide bonds. The zero-order valence-corrected chi connectivity index (χ0v) is 15.6. The first-order valence-electron chi connectivity index (χ1n) is 8.51. The molecule has 3 rings (SSSR count). The van der Waals surface area contributed by atoms with Crippen molar-refractivity contribution in [3.8, 4) is 0 Å². The smallest absolute Gasteiger partial charge is 0.338 e. The van der Waals surface area contributed by atoms with Crippen LogP contribution < -0.4 is 5.32 Å². The molecule has 0 bridgehead atoms. The number of hydrogen-bond acceptors (Lipinski definition) is 8. The van der Waals surface area contributed by atoms with E-state index in [1.54, 1.807) is 31.3 Å². The van der Waals surface area contributed by atoms with Gasteiger partial charge in [0.25, 0.3) is 0 Å². The van der Waals surface area contributed by atoms with Gasteiger partial charge in [0.05, 0.1) is 11.3 Å². The highest BCUT2D eigenvalue weighted by molar-refractivity contribution is 7.99. The zero-order valence-electron chi connectivity index (χ0n) is 14.8. The summed E-state index contributed by atoms with van der Waals surface area (Å²) in [7, 11) is 1.69. The molecule has 9 nitrogen and oxygen atoms in total. The van der Waals surface area contributed by atoms with Crippen molar-refractivity contribution in [3.63, 3.8) is 0 Å². The zero-order chi connectivity index (χ0) is 19.2. The summed E-state index contributed by atoms with van der Waals surface area (Å²) in [5.41, 5.74) is 0.896. The Hall–Kier alpha value is -2.75. The lowest BCUT2D eigenvalue weighted by molar-refractivity contribution is -0.129. The number of rotatable bonds is 6. The molecule has 1 fully saturated rings. The Labute approximate surface area is 159 Å². The first-order chi connectivity index (χ1) is 13.0. The number of thioether (sulfide) groups is 1. The van der Waals surface area contributed by atoms with E-state index in [9.17, 15) is 14.4 Å². The average molecular weight is 389 g/mol. The number of tetrazole rings is 1. The van der Waals surface area contributed by atoms with Crippen molar-refractivity contribution in [2.24, 2.45) is 7.05 Å². The van der Waals surface area contributed by atoms with Gasteiger partial charge in [0.1, 0.15) is 0 Å². The van der Waals surface area contributed by atoms with E-state index >= 15 is 0 Å². The van der Waals surface area contributed by atoms with E-state index in [2.05, 4.69) is 20.8 Å². The van der Waals surface area contributed by atoms with Gasteiger partial charge in [-0.2, -0.15) is 0 Å². The van der Waals surface area contributed by atoms with Crippen LogP contribution in [0.5, 0.6) is 0 Å². The van der Waals surface area contributed by atoms with E-state index in [0.29, 0.717) is 29.2 Å². The summed E-state index contributed by atoms with van der Waals surface area (Å²) in [6.45, 7) is 0. The summed E-state index contributed by atoms with van der Waals surface area (Å²) >= 11 is 1.22. The quantitative estimate of drug-likeness (QED) is 0.585. The lowest BCUT2D eigenvalue weighted by Gasteiger charge is -2.20. The molecule has 0 radical (unpaired) electrons. The van der Waals surface area contributed by atoms with Crippen molar-refractivity contribution in [3.05, 3.63) is 29.8 Å². The minimum absolute atomic E-state index is 0.0194. The third kappa shape index (κ3) is 5.13. The number of anilines is 1. The fourth-order valence-electron chi connectivity index (χ4n) is 2.63. The van der Waals surface area contributed by atoms with Crippen LogP contribution in [0.4, 0.5) is 5.69 Å². The van der Waals surface area contributed by atoms with Gasteiger partial charge < -0.3 is 10.1 Å². The molecule has 0 aliphatic heterocycles. The van der Waals surface area contributed by atoms with Crippen molar-refractivity contribution < 1.29 is 19.1 Å². The fourth-order valence-corrected chi connectivity index (χ4v) is 3.28. The van der Waals surface area contributed by atoms with Gasteiger partial charge in [-0.15, -0.1) is 5.10 Å². The Bertz CT molecular complexity index is 836. The number of esters is 1. The molecule has 142 valence electrons. The fraction of sp³-hybridized carbons (Fsp3) is 0.412. The first-order valence-corrected chi connectivity index (χ1v) is 9.50.